The fourth-order valence-corrected chi connectivity index (χ4v) is 5.49. The van der Waals surface area contributed by atoms with Crippen LogP contribution >= 0.6 is 0 Å². The first-order chi connectivity index (χ1) is 18.8. The summed E-state index contributed by atoms with van der Waals surface area (Å²) >= 11 is 0. The molecule has 1 aromatic heterocycles. The van der Waals surface area contributed by atoms with E-state index >= 15 is 0 Å². The molecule has 38 heavy (non-hydrogen) atoms. The van der Waals surface area contributed by atoms with E-state index in [1.54, 1.807) is 0 Å². The van der Waals surface area contributed by atoms with Crippen molar-refractivity contribution in [2.45, 2.75) is 0 Å². The number of benzene rings is 6. The summed E-state index contributed by atoms with van der Waals surface area (Å²) in [6, 6.07) is 51.5. The largest absolute Gasteiger partial charge is 0.398 e. The zero-order valence-electron chi connectivity index (χ0n) is 20.9. The Morgan fingerprint density at radius 1 is 0.395 bits per heavy atom. The molecule has 2 nitrogen and oxygen atoms in total. The van der Waals surface area contributed by atoms with E-state index in [1.807, 2.05) is 18.2 Å². The Labute approximate surface area is 222 Å². The van der Waals surface area contributed by atoms with Crippen molar-refractivity contribution in [1.29, 1.82) is 0 Å². The molecule has 0 amide bonds. The van der Waals surface area contributed by atoms with Gasteiger partial charge in [0.1, 0.15) is 0 Å². The van der Waals surface area contributed by atoms with Gasteiger partial charge in [0.2, 0.25) is 0 Å². The van der Waals surface area contributed by atoms with Crippen molar-refractivity contribution >= 4 is 27.5 Å². The van der Waals surface area contributed by atoms with Crippen molar-refractivity contribution < 1.29 is 0 Å². The van der Waals surface area contributed by atoms with Crippen molar-refractivity contribution in [3.05, 3.63) is 146 Å². The number of aromatic nitrogens is 1. The van der Waals surface area contributed by atoms with Crippen LogP contribution in [-0.2, 0) is 0 Å². The third-order valence-electron chi connectivity index (χ3n) is 7.36. The fourth-order valence-electron chi connectivity index (χ4n) is 5.49. The van der Waals surface area contributed by atoms with Gasteiger partial charge >= 0.3 is 0 Å². The molecule has 0 fully saturated rings. The highest BCUT2D eigenvalue weighted by molar-refractivity contribution is 6.11. The van der Waals surface area contributed by atoms with Gasteiger partial charge in [0.25, 0.3) is 0 Å². The van der Waals surface area contributed by atoms with Crippen LogP contribution < -0.4 is 5.73 Å². The molecule has 0 saturated carbocycles. The summed E-state index contributed by atoms with van der Waals surface area (Å²) in [6.45, 7) is 0. The minimum atomic E-state index is 0.784. The van der Waals surface area contributed by atoms with Crippen molar-refractivity contribution in [2.24, 2.45) is 0 Å². The molecule has 7 rings (SSSR count). The van der Waals surface area contributed by atoms with Gasteiger partial charge in [-0.15, -0.1) is 0 Å². The summed E-state index contributed by atoms with van der Waals surface area (Å²) in [4.78, 5) is 0. The predicted octanol–water partition coefficient (Wildman–Crippen LogP) is 9.37. The molecule has 0 aliphatic rings. The van der Waals surface area contributed by atoms with Gasteiger partial charge < -0.3 is 10.3 Å². The SMILES string of the molecule is Nc1ccccc1-c1cccc(-n2c3ccc(-c4ccccc4)cc3c3cc(-c4ccccc4)ccc32)c1. The van der Waals surface area contributed by atoms with Crippen molar-refractivity contribution in [1.82, 2.24) is 4.57 Å². The number of anilines is 1. The molecule has 2 N–H and O–H groups in total. The lowest BCUT2D eigenvalue weighted by Crippen LogP contribution is -1.95. The van der Waals surface area contributed by atoms with E-state index < -0.39 is 0 Å². The average Bonchev–Trinajstić information content (AvgIpc) is 3.31. The second-order valence-electron chi connectivity index (χ2n) is 9.67. The Morgan fingerprint density at radius 3 is 1.50 bits per heavy atom. The Kier molecular flexibility index (Phi) is 5.30. The fraction of sp³-hybridized carbons (Fsp3) is 0. The van der Waals surface area contributed by atoms with Gasteiger partial charge in [0.15, 0.2) is 0 Å². The minimum Gasteiger partial charge on any atom is -0.398 e. The van der Waals surface area contributed by atoms with Gasteiger partial charge in [-0.2, -0.15) is 0 Å². The Morgan fingerprint density at radius 2 is 0.921 bits per heavy atom. The molecule has 7 aromatic rings. The van der Waals surface area contributed by atoms with E-state index in [0.29, 0.717) is 0 Å². The standard InChI is InChI=1S/C36H26N2/c37-34-17-8-7-16-31(34)29-14-9-15-30(22-29)38-35-20-18-27(25-10-3-1-4-11-25)23-32(35)33-24-28(19-21-36(33)38)26-12-5-2-6-13-26/h1-24H,37H2. The molecule has 0 aliphatic carbocycles. The maximum atomic E-state index is 6.34. The second kappa shape index (κ2) is 9.10. The molecule has 0 bridgehead atoms. The molecule has 0 atom stereocenters. The van der Waals surface area contributed by atoms with Crippen LogP contribution in [-0.4, -0.2) is 4.57 Å². The summed E-state index contributed by atoms with van der Waals surface area (Å²) in [5, 5.41) is 2.48. The number of nitrogens with two attached hydrogens (primary N) is 1. The second-order valence-corrected chi connectivity index (χ2v) is 9.67. The molecule has 0 aliphatic heterocycles. The first kappa shape index (κ1) is 22.1. The molecule has 180 valence electrons. The molecule has 0 radical (unpaired) electrons. The van der Waals surface area contributed by atoms with Gasteiger partial charge in [0.05, 0.1) is 11.0 Å². The van der Waals surface area contributed by atoms with Gasteiger partial charge in [-0.25, -0.2) is 0 Å². The van der Waals surface area contributed by atoms with E-state index in [9.17, 15) is 0 Å². The molecular weight excluding hydrogens is 460 g/mol. The van der Waals surface area contributed by atoms with E-state index in [2.05, 4.69) is 132 Å². The Bertz CT molecular complexity index is 1820. The lowest BCUT2D eigenvalue weighted by atomic mass is 10.0. The molecule has 0 unspecified atom stereocenters. The summed E-state index contributed by atoms with van der Waals surface area (Å²) in [6.07, 6.45) is 0. The van der Waals surface area contributed by atoms with Crippen LogP contribution in [0.3, 0.4) is 0 Å². The number of nitrogen functional groups attached to an aromatic ring is 1. The summed E-state index contributed by atoms with van der Waals surface area (Å²) in [7, 11) is 0. The lowest BCUT2D eigenvalue weighted by Gasteiger charge is -2.12. The monoisotopic (exact) mass is 486 g/mol. The van der Waals surface area contributed by atoms with E-state index in [1.165, 1.54) is 44.1 Å². The van der Waals surface area contributed by atoms with Crippen LogP contribution in [0, 0.1) is 0 Å². The number of nitrogens with zero attached hydrogens (tertiary/aromatic N) is 1. The molecule has 0 saturated heterocycles. The van der Waals surface area contributed by atoms with E-state index in [4.69, 9.17) is 5.73 Å². The van der Waals surface area contributed by atoms with Gasteiger partial charge in [-0.3, -0.25) is 0 Å². The van der Waals surface area contributed by atoms with Gasteiger partial charge in [0, 0.05) is 27.7 Å². The van der Waals surface area contributed by atoms with Crippen molar-refractivity contribution in [2.75, 3.05) is 5.73 Å². The highest BCUT2D eigenvalue weighted by Gasteiger charge is 2.15. The Balaban J connectivity index is 1.49. The summed E-state index contributed by atoms with van der Waals surface area (Å²) in [5.74, 6) is 0. The van der Waals surface area contributed by atoms with Crippen LogP contribution in [0.5, 0.6) is 0 Å². The number of fused-ring (bicyclic) bond motifs is 3. The summed E-state index contributed by atoms with van der Waals surface area (Å²) in [5.41, 5.74) is 17.6. The normalized spacial score (nSPS) is 11.3. The van der Waals surface area contributed by atoms with E-state index in [0.717, 1.165) is 22.5 Å². The summed E-state index contributed by atoms with van der Waals surface area (Å²) < 4.78 is 2.37. The number of hydrogen-bond donors (Lipinski definition) is 1. The number of rotatable bonds is 4. The van der Waals surface area contributed by atoms with Crippen LogP contribution in [0.1, 0.15) is 0 Å². The lowest BCUT2D eigenvalue weighted by molar-refractivity contribution is 1.18. The highest BCUT2D eigenvalue weighted by Crippen LogP contribution is 2.38. The minimum absolute atomic E-state index is 0.784. The van der Waals surface area contributed by atoms with Crippen LogP contribution in [0.4, 0.5) is 5.69 Å². The Hall–Kier alpha value is -5.08. The number of para-hydroxylation sites is 1. The quantitative estimate of drug-likeness (QED) is 0.247. The van der Waals surface area contributed by atoms with Gasteiger partial charge in [-0.1, -0.05) is 103 Å². The average molecular weight is 487 g/mol. The van der Waals surface area contributed by atoms with Crippen molar-refractivity contribution in [3.63, 3.8) is 0 Å². The topological polar surface area (TPSA) is 30.9 Å². The van der Waals surface area contributed by atoms with Crippen LogP contribution in [0.2, 0.25) is 0 Å². The van der Waals surface area contributed by atoms with Crippen LogP contribution in [0.15, 0.2) is 146 Å². The molecule has 1 heterocycles. The maximum Gasteiger partial charge on any atom is 0.0541 e. The zero-order valence-corrected chi connectivity index (χ0v) is 20.9. The predicted molar refractivity (Wildman–Crippen MR) is 162 cm³/mol. The zero-order chi connectivity index (χ0) is 25.5. The molecule has 2 heteroatoms. The molecule has 0 spiro atoms. The van der Waals surface area contributed by atoms with E-state index in [-0.39, 0.29) is 0 Å². The first-order valence-corrected chi connectivity index (χ1v) is 12.9. The smallest absolute Gasteiger partial charge is 0.0541 e. The van der Waals surface area contributed by atoms with Crippen molar-refractivity contribution in [3.8, 4) is 39.1 Å². The third-order valence-corrected chi connectivity index (χ3v) is 7.36. The molecular formula is C36H26N2. The first-order valence-electron chi connectivity index (χ1n) is 12.9. The molecule has 6 aromatic carbocycles. The third kappa shape index (κ3) is 3.75. The van der Waals surface area contributed by atoms with Crippen LogP contribution in [0.25, 0.3) is 60.9 Å². The highest BCUT2D eigenvalue weighted by atomic mass is 15.0. The number of hydrogen-bond acceptors (Lipinski definition) is 1. The van der Waals surface area contributed by atoms with Gasteiger partial charge in [-0.05, 0) is 70.3 Å². The maximum absolute atomic E-state index is 6.34.